The number of fused-ring (bicyclic) bond motifs is 2. The number of amides is 1. The molecule has 1 spiro atoms. The molecule has 1 amide bonds. The van der Waals surface area contributed by atoms with E-state index < -0.39 is 12.5 Å². The molecule has 0 unspecified atom stereocenters. The van der Waals surface area contributed by atoms with E-state index in [2.05, 4.69) is 55.7 Å². The van der Waals surface area contributed by atoms with Crippen LogP contribution in [0.2, 0.25) is 0 Å². The minimum absolute atomic E-state index is 0.286. The summed E-state index contributed by atoms with van der Waals surface area (Å²) in [7, 11) is -0.416. The average Bonchev–Trinajstić information content (AvgIpc) is 3.15. The molecule has 5 aliphatic rings. The van der Waals surface area contributed by atoms with Gasteiger partial charge >= 0.3 is 7.12 Å². The highest BCUT2D eigenvalue weighted by molar-refractivity contribution is 6.62. The van der Waals surface area contributed by atoms with Crippen LogP contribution in [0.1, 0.15) is 78.2 Å². The van der Waals surface area contributed by atoms with Gasteiger partial charge < -0.3 is 23.8 Å². The highest BCUT2D eigenvalue weighted by atomic mass is 16.7. The Morgan fingerprint density at radius 1 is 0.912 bits per heavy atom. The predicted molar refractivity (Wildman–Crippen MR) is 134 cm³/mol. The third kappa shape index (κ3) is 3.41. The third-order valence-electron chi connectivity index (χ3n) is 9.66. The Morgan fingerprint density at radius 3 is 2.21 bits per heavy atom. The number of hydrogen-bond acceptors (Lipinski definition) is 5. The highest BCUT2D eigenvalue weighted by Crippen LogP contribution is 2.51. The molecule has 4 fully saturated rings. The number of anilines is 1. The zero-order valence-corrected chi connectivity index (χ0v) is 21.3. The van der Waals surface area contributed by atoms with Gasteiger partial charge in [0.2, 0.25) is 5.91 Å². The molecule has 1 aromatic carbocycles. The normalized spacial score (nSPS) is 32.2. The molecule has 4 aliphatic heterocycles. The first-order chi connectivity index (χ1) is 16.2. The first kappa shape index (κ1) is 23.0. The Balaban J connectivity index is 1.31. The Hall–Kier alpha value is -1.41. The Bertz CT molecular complexity index is 945. The van der Waals surface area contributed by atoms with E-state index in [0.717, 1.165) is 36.8 Å². The number of likely N-dealkylation sites (tertiary alicyclic amines) is 1. The second-order valence-corrected chi connectivity index (χ2v) is 12.1. The minimum atomic E-state index is -0.432. The van der Waals surface area contributed by atoms with E-state index in [4.69, 9.17) is 14.0 Å². The summed E-state index contributed by atoms with van der Waals surface area (Å²) in [5, 5.41) is 0. The fourth-order valence-corrected chi connectivity index (χ4v) is 6.65. The van der Waals surface area contributed by atoms with E-state index in [0.29, 0.717) is 25.2 Å². The number of benzene rings is 1. The molecule has 0 N–H and O–H groups in total. The van der Waals surface area contributed by atoms with Crippen molar-refractivity contribution in [2.75, 3.05) is 31.2 Å². The summed E-state index contributed by atoms with van der Waals surface area (Å²) in [6, 6.07) is 7.40. The molecule has 6 nitrogen and oxygen atoms in total. The lowest BCUT2D eigenvalue weighted by atomic mass is 9.73. The van der Waals surface area contributed by atoms with Gasteiger partial charge in [-0.25, -0.2) is 0 Å². The van der Waals surface area contributed by atoms with Gasteiger partial charge in [0.1, 0.15) is 0 Å². The van der Waals surface area contributed by atoms with Crippen LogP contribution in [0.25, 0.3) is 0 Å². The van der Waals surface area contributed by atoms with E-state index in [1.807, 2.05) is 0 Å². The summed E-state index contributed by atoms with van der Waals surface area (Å²) in [6.07, 6.45) is 7.69. The Labute approximate surface area is 204 Å². The first-order valence-electron chi connectivity index (χ1n) is 13.4. The van der Waals surface area contributed by atoms with Crippen molar-refractivity contribution >= 4 is 24.2 Å². The molecular weight excluding hydrogens is 427 g/mol. The van der Waals surface area contributed by atoms with E-state index in [1.165, 1.54) is 37.9 Å². The molecular formula is C27H39BN2O4. The van der Waals surface area contributed by atoms with Gasteiger partial charge in [-0.05, 0) is 96.4 Å². The number of carbonyl (C=O) groups excluding carboxylic acids is 1. The van der Waals surface area contributed by atoms with E-state index >= 15 is 0 Å². The standard InChI is InChI=1S/C27H39BN2O4/c1-25(2)26(3,4)34-28(33-25)19-8-9-22-23(16-19)30(24(31)27(22)10-14-32-15-11-27)21-17-20(18-21)29-12-6-5-7-13-29/h8-9,16,20-21H,5-7,10-15,17-18H2,1-4H3/t20-,21+. The monoisotopic (exact) mass is 466 g/mol. The SMILES string of the molecule is CC1(C)OB(c2ccc3c(c2)N([C@H]2C[C@@H](N4CCCCC4)C2)C(=O)C32CCOCC2)OC1(C)C. The van der Waals surface area contributed by atoms with Crippen LogP contribution in [0.4, 0.5) is 5.69 Å². The zero-order valence-electron chi connectivity index (χ0n) is 21.3. The van der Waals surface area contributed by atoms with E-state index in [9.17, 15) is 4.79 Å². The second-order valence-electron chi connectivity index (χ2n) is 12.1. The van der Waals surface area contributed by atoms with Gasteiger partial charge in [0.15, 0.2) is 0 Å². The van der Waals surface area contributed by atoms with Gasteiger partial charge in [0.25, 0.3) is 0 Å². The zero-order chi connectivity index (χ0) is 23.7. The van der Waals surface area contributed by atoms with Crippen LogP contribution in [0.5, 0.6) is 0 Å². The van der Waals surface area contributed by atoms with Gasteiger partial charge in [0.05, 0.1) is 16.6 Å². The number of hydrogen-bond donors (Lipinski definition) is 0. The molecule has 6 rings (SSSR count). The van der Waals surface area contributed by atoms with Gasteiger partial charge in [-0.2, -0.15) is 0 Å². The van der Waals surface area contributed by atoms with Crippen LogP contribution >= 0.6 is 0 Å². The number of piperidine rings is 1. The van der Waals surface area contributed by atoms with Gasteiger partial charge in [-0.1, -0.05) is 18.6 Å². The Kier molecular flexibility index (Phi) is 5.45. The molecule has 7 heteroatoms. The van der Waals surface area contributed by atoms with Crippen LogP contribution in [0, 0.1) is 0 Å². The molecule has 4 heterocycles. The van der Waals surface area contributed by atoms with Crippen molar-refractivity contribution in [3.8, 4) is 0 Å². The molecule has 3 saturated heterocycles. The largest absolute Gasteiger partial charge is 0.494 e. The third-order valence-corrected chi connectivity index (χ3v) is 9.66. The summed E-state index contributed by atoms with van der Waals surface area (Å²) in [6.45, 7) is 12.1. The summed E-state index contributed by atoms with van der Waals surface area (Å²) < 4.78 is 18.4. The molecule has 0 atom stereocenters. The summed E-state index contributed by atoms with van der Waals surface area (Å²) in [5.41, 5.74) is 2.07. The Morgan fingerprint density at radius 2 is 1.56 bits per heavy atom. The molecule has 1 saturated carbocycles. The topological polar surface area (TPSA) is 51.2 Å². The van der Waals surface area contributed by atoms with Gasteiger partial charge in [0, 0.05) is 31.0 Å². The molecule has 0 bridgehead atoms. The van der Waals surface area contributed by atoms with Crippen molar-refractivity contribution in [3.05, 3.63) is 23.8 Å². The predicted octanol–water partition coefficient (Wildman–Crippen LogP) is 3.40. The quantitative estimate of drug-likeness (QED) is 0.640. The number of nitrogens with zero attached hydrogens (tertiary/aromatic N) is 2. The summed E-state index contributed by atoms with van der Waals surface area (Å²) >= 11 is 0. The van der Waals surface area contributed by atoms with Crippen LogP contribution < -0.4 is 10.4 Å². The summed E-state index contributed by atoms with van der Waals surface area (Å²) in [4.78, 5) is 18.9. The van der Waals surface area contributed by atoms with Crippen molar-refractivity contribution < 1.29 is 18.8 Å². The maximum atomic E-state index is 14.1. The van der Waals surface area contributed by atoms with Crippen molar-refractivity contribution in [1.82, 2.24) is 4.90 Å². The van der Waals surface area contributed by atoms with Crippen LogP contribution in [0.3, 0.4) is 0 Å². The van der Waals surface area contributed by atoms with E-state index in [1.54, 1.807) is 0 Å². The van der Waals surface area contributed by atoms with Crippen LogP contribution in [-0.2, 0) is 24.3 Å². The smallest absolute Gasteiger partial charge is 0.399 e. The lowest BCUT2D eigenvalue weighted by molar-refractivity contribution is -0.127. The highest BCUT2D eigenvalue weighted by Gasteiger charge is 2.56. The van der Waals surface area contributed by atoms with E-state index in [-0.39, 0.29) is 17.2 Å². The molecule has 184 valence electrons. The van der Waals surface area contributed by atoms with Crippen molar-refractivity contribution in [2.24, 2.45) is 0 Å². The molecule has 1 aromatic rings. The van der Waals surface area contributed by atoms with Crippen molar-refractivity contribution in [1.29, 1.82) is 0 Å². The number of carbonyl (C=O) groups is 1. The summed E-state index contributed by atoms with van der Waals surface area (Å²) in [5.74, 6) is 0.291. The van der Waals surface area contributed by atoms with Crippen molar-refractivity contribution in [3.63, 3.8) is 0 Å². The fraction of sp³-hybridized carbons (Fsp3) is 0.741. The number of ether oxygens (including phenoxy) is 1. The average molecular weight is 466 g/mol. The first-order valence-corrected chi connectivity index (χ1v) is 13.4. The lowest BCUT2D eigenvalue weighted by Gasteiger charge is -2.48. The van der Waals surface area contributed by atoms with Crippen molar-refractivity contribution in [2.45, 2.75) is 101 Å². The molecule has 34 heavy (non-hydrogen) atoms. The maximum absolute atomic E-state index is 14.1. The lowest BCUT2D eigenvalue weighted by Crippen LogP contribution is -2.57. The molecule has 1 aliphatic carbocycles. The van der Waals surface area contributed by atoms with Crippen LogP contribution in [0.15, 0.2) is 18.2 Å². The minimum Gasteiger partial charge on any atom is -0.399 e. The van der Waals surface area contributed by atoms with Gasteiger partial charge in [-0.15, -0.1) is 0 Å². The van der Waals surface area contributed by atoms with Gasteiger partial charge in [-0.3, -0.25) is 4.79 Å². The molecule has 0 radical (unpaired) electrons. The second kappa shape index (κ2) is 8.05. The van der Waals surface area contributed by atoms with Crippen LogP contribution in [-0.4, -0.2) is 67.5 Å². The molecule has 0 aromatic heterocycles. The number of rotatable bonds is 3. The maximum Gasteiger partial charge on any atom is 0.494 e. The fourth-order valence-electron chi connectivity index (χ4n) is 6.65.